The molecular formula is C27H29N3O3S. The van der Waals surface area contributed by atoms with Gasteiger partial charge >= 0.3 is 0 Å². The molecule has 0 aliphatic rings. The highest BCUT2D eigenvalue weighted by atomic mass is 32.1. The zero-order valence-electron chi connectivity index (χ0n) is 19.5. The second-order valence-corrected chi connectivity index (χ2v) is 9.48. The van der Waals surface area contributed by atoms with E-state index in [4.69, 9.17) is 4.74 Å². The largest absolute Gasteiger partial charge is 0.497 e. The van der Waals surface area contributed by atoms with E-state index in [1.807, 2.05) is 74.0 Å². The molecule has 176 valence electrons. The molecule has 0 fully saturated rings. The number of rotatable bonds is 9. The van der Waals surface area contributed by atoms with Gasteiger partial charge in [-0.25, -0.2) is 0 Å². The lowest BCUT2D eigenvalue weighted by Crippen LogP contribution is -2.50. The number of amides is 2. The van der Waals surface area contributed by atoms with Crippen LogP contribution in [0.2, 0.25) is 0 Å². The number of para-hydroxylation sites is 1. The van der Waals surface area contributed by atoms with Crippen molar-refractivity contribution in [3.05, 3.63) is 88.2 Å². The topological polar surface area (TPSA) is 83.2 Å². The molecule has 2 aromatic carbocycles. The average molecular weight is 476 g/mol. The van der Waals surface area contributed by atoms with Crippen LogP contribution in [0.5, 0.6) is 5.75 Å². The van der Waals surface area contributed by atoms with Crippen LogP contribution in [0.3, 0.4) is 0 Å². The number of carbonyl (C=O) groups excluding carboxylic acids is 2. The normalized spacial score (nSPS) is 12.9. The molecule has 0 aliphatic heterocycles. The van der Waals surface area contributed by atoms with Crippen molar-refractivity contribution in [2.45, 2.75) is 25.8 Å². The van der Waals surface area contributed by atoms with E-state index in [2.05, 4.69) is 21.7 Å². The number of benzene rings is 2. The van der Waals surface area contributed by atoms with E-state index in [0.717, 1.165) is 27.8 Å². The Morgan fingerprint density at radius 3 is 2.47 bits per heavy atom. The fourth-order valence-corrected chi connectivity index (χ4v) is 4.72. The molecule has 0 spiro atoms. The van der Waals surface area contributed by atoms with Gasteiger partial charge in [-0.3, -0.25) is 9.59 Å². The number of methoxy groups -OCH3 is 1. The minimum atomic E-state index is -0.630. The van der Waals surface area contributed by atoms with Gasteiger partial charge in [-0.15, -0.1) is 11.3 Å². The third kappa shape index (κ3) is 5.15. The van der Waals surface area contributed by atoms with Gasteiger partial charge in [0.25, 0.3) is 5.91 Å². The Balaban J connectivity index is 1.57. The molecule has 2 aromatic heterocycles. The first kappa shape index (κ1) is 23.6. The summed E-state index contributed by atoms with van der Waals surface area (Å²) in [5, 5.41) is 8.96. The Morgan fingerprint density at radius 2 is 1.79 bits per heavy atom. The molecule has 2 amide bonds. The van der Waals surface area contributed by atoms with Crippen molar-refractivity contribution >= 4 is 34.1 Å². The molecule has 4 aromatic rings. The van der Waals surface area contributed by atoms with E-state index in [1.54, 1.807) is 13.2 Å². The molecule has 0 aliphatic carbocycles. The van der Waals surface area contributed by atoms with E-state index in [9.17, 15) is 9.59 Å². The zero-order chi connectivity index (χ0) is 24.1. The molecule has 0 saturated carbocycles. The van der Waals surface area contributed by atoms with Crippen molar-refractivity contribution in [3.8, 4) is 5.75 Å². The van der Waals surface area contributed by atoms with Crippen molar-refractivity contribution < 1.29 is 14.3 Å². The standard InChI is InChI=1S/C27H29N3O3S/c1-17(2)25(30-26(31)24-9-6-14-34-24)27(32)29-15-21(18-10-12-19(33-3)13-11-18)22-16-28-23-8-5-4-7-20(22)23/h4-14,16-17,21,25,28H,15H2,1-3H3,(H,29,32)(H,30,31)/t21-,25+/m0/s1. The maximum Gasteiger partial charge on any atom is 0.262 e. The number of hydrogen-bond acceptors (Lipinski definition) is 4. The summed E-state index contributed by atoms with van der Waals surface area (Å²) in [5.41, 5.74) is 3.21. The maximum atomic E-state index is 13.2. The van der Waals surface area contributed by atoms with E-state index in [-0.39, 0.29) is 23.7 Å². The Hall–Kier alpha value is -3.58. The van der Waals surface area contributed by atoms with Gasteiger partial charge in [0.05, 0.1) is 12.0 Å². The molecule has 7 heteroatoms. The van der Waals surface area contributed by atoms with E-state index in [0.29, 0.717) is 11.4 Å². The van der Waals surface area contributed by atoms with Gasteiger partial charge in [0, 0.05) is 29.6 Å². The Morgan fingerprint density at radius 1 is 1.03 bits per heavy atom. The molecule has 0 saturated heterocycles. The number of aromatic nitrogens is 1. The Labute approximate surface area is 203 Å². The SMILES string of the molecule is COc1ccc([C@H](CNC(=O)[C@H](NC(=O)c2cccs2)C(C)C)c2c[nH]c3ccccc23)cc1. The first-order valence-electron chi connectivity index (χ1n) is 11.3. The van der Waals surface area contributed by atoms with Gasteiger partial charge < -0.3 is 20.4 Å². The van der Waals surface area contributed by atoms with Crippen molar-refractivity contribution in [2.24, 2.45) is 5.92 Å². The monoisotopic (exact) mass is 475 g/mol. The van der Waals surface area contributed by atoms with Crippen molar-refractivity contribution in [2.75, 3.05) is 13.7 Å². The average Bonchev–Trinajstić information content (AvgIpc) is 3.53. The molecule has 0 bridgehead atoms. The highest BCUT2D eigenvalue weighted by Crippen LogP contribution is 2.31. The third-order valence-electron chi connectivity index (χ3n) is 5.98. The van der Waals surface area contributed by atoms with Crippen LogP contribution in [-0.2, 0) is 4.79 Å². The van der Waals surface area contributed by atoms with E-state index >= 15 is 0 Å². The second-order valence-electron chi connectivity index (χ2n) is 8.53. The summed E-state index contributed by atoms with van der Waals surface area (Å²) < 4.78 is 5.32. The van der Waals surface area contributed by atoms with Gasteiger partial charge in [0.1, 0.15) is 11.8 Å². The number of hydrogen-bond donors (Lipinski definition) is 3. The molecular weight excluding hydrogens is 446 g/mol. The number of carbonyl (C=O) groups is 2. The van der Waals surface area contributed by atoms with Gasteiger partial charge in [-0.2, -0.15) is 0 Å². The van der Waals surface area contributed by atoms with Crippen LogP contribution in [0, 0.1) is 5.92 Å². The van der Waals surface area contributed by atoms with E-state index in [1.165, 1.54) is 11.3 Å². The molecule has 6 nitrogen and oxygen atoms in total. The minimum Gasteiger partial charge on any atom is -0.497 e. The summed E-state index contributed by atoms with van der Waals surface area (Å²) in [6, 6.07) is 19.0. The molecule has 0 unspecified atom stereocenters. The smallest absolute Gasteiger partial charge is 0.262 e. The lowest BCUT2D eigenvalue weighted by molar-refractivity contribution is -0.123. The third-order valence-corrected chi connectivity index (χ3v) is 6.84. The van der Waals surface area contributed by atoms with Crippen LogP contribution in [0.1, 0.15) is 40.6 Å². The fourth-order valence-electron chi connectivity index (χ4n) is 4.09. The predicted molar refractivity (Wildman–Crippen MR) is 137 cm³/mol. The summed E-state index contributed by atoms with van der Waals surface area (Å²) in [4.78, 5) is 29.7. The lowest BCUT2D eigenvalue weighted by atomic mass is 9.90. The Bertz CT molecular complexity index is 1250. The number of fused-ring (bicyclic) bond motifs is 1. The number of thiophene rings is 1. The highest BCUT2D eigenvalue weighted by Gasteiger charge is 2.27. The van der Waals surface area contributed by atoms with Gasteiger partial charge in [0.15, 0.2) is 0 Å². The minimum absolute atomic E-state index is 0.0589. The first-order chi connectivity index (χ1) is 16.5. The molecule has 3 N–H and O–H groups in total. The van der Waals surface area contributed by atoms with Crippen LogP contribution in [-0.4, -0.2) is 36.5 Å². The molecule has 0 radical (unpaired) electrons. The highest BCUT2D eigenvalue weighted by molar-refractivity contribution is 7.12. The number of H-pyrrole nitrogens is 1. The number of aromatic amines is 1. The molecule has 2 heterocycles. The summed E-state index contributed by atoms with van der Waals surface area (Å²) in [6.45, 7) is 4.25. The maximum absolute atomic E-state index is 13.2. The van der Waals surface area contributed by atoms with Gasteiger partial charge in [-0.05, 0) is 46.7 Å². The zero-order valence-corrected chi connectivity index (χ0v) is 20.3. The van der Waals surface area contributed by atoms with Crippen LogP contribution in [0.4, 0.5) is 0 Å². The van der Waals surface area contributed by atoms with Gasteiger partial charge in [0.2, 0.25) is 5.91 Å². The van der Waals surface area contributed by atoms with Crippen LogP contribution in [0.25, 0.3) is 10.9 Å². The fraction of sp³-hybridized carbons (Fsp3) is 0.259. The molecule has 4 rings (SSSR count). The summed E-state index contributed by atoms with van der Waals surface area (Å²) in [6.07, 6.45) is 2.00. The summed E-state index contributed by atoms with van der Waals surface area (Å²) in [5.74, 6) is 0.218. The number of ether oxygens (including phenoxy) is 1. The van der Waals surface area contributed by atoms with E-state index < -0.39 is 6.04 Å². The first-order valence-corrected chi connectivity index (χ1v) is 12.2. The number of nitrogens with one attached hydrogen (secondary N) is 3. The van der Waals surface area contributed by atoms with Crippen LogP contribution >= 0.6 is 11.3 Å². The van der Waals surface area contributed by atoms with Gasteiger partial charge in [-0.1, -0.05) is 50.2 Å². The Kier molecular flexibility index (Phi) is 7.33. The van der Waals surface area contributed by atoms with Crippen molar-refractivity contribution in [1.29, 1.82) is 0 Å². The predicted octanol–water partition coefficient (Wildman–Crippen LogP) is 4.94. The summed E-state index contributed by atoms with van der Waals surface area (Å²) in [7, 11) is 1.64. The lowest BCUT2D eigenvalue weighted by Gasteiger charge is -2.24. The molecule has 34 heavy (non-hydrogen) atoms. The van der Waals surface area contributed by atoms with Crippen LogP contribution in [0.15, 0.2) is 72.2 Å². The van der Waals surface area contributed by atoms with Crippen molar-refractivity contribution in [3.63, 3.8) is 0 Å². The quantitative estimate of drug-likeness (QED) is 0.321. The van der Waals surface area contributed by atoms with Crippen LogP contribution < -0.4 is 15.4 Å². The summed E-state index contributed by atoms with van der Waals surface area (Å²) >= 11 is 1.36. The molecule has 2 atom stereocenters. The second kappa shape index (κ2) is 10.6. The van der Waals surface area contributed by atoms with Crippen molar-refractivity contribution in [1.82, 2.24) is 15.6 Å².